The lowest BCUT2D eigenvalue weighted by atomic mass is 9.82. The van der Waals surface area contributed by atoms with Crippen LogP contribution in [0.5, 0.6) is 0 Å². The number of likely N-dealkylation sites (tertiary alicyclic amines) is 1. The van der Waals surface area contributed by atoms with Crippen molar-refractivity contribution in [3.63, 3.8) is 0 Å². The van der Waals surface area contributed by atoms with Gasteiger partial charge in [0.2, 0.25) is 0 Å². The number of nitrogens with zero attached hydrogens (tertiary/aromatic N) is 2. The van der Waals surface area contributed by atoms with Crippen LogP contribution in [0, 0.1) is 23.7 Å². The molecule has 2 aromatic rings. The monoisotopic (exact) mass is 311 g/mol. The van der Waals surface area contributed by atoms with E-state index in [2.05, 4.69) is 14.9 Å². The minimum atomic E-state index is -0.115. The van der Waals surface area contributed by atoms with Gasteiger partial charge in [0.15, 0.2) is 0 Å². The van der Waals surface area contributed by atoms with Gasteiger partial charge in [-0.15, -0.1) is 0 Å². The van der Waals surface area contributed by atoms with E-state index in [0.717, 1.165) is 53.4 Å². The first-order valence-corrected chi connectivity index (χ1v) is 8.61. The van der Waals surface area contributed by atoms with E-state index in [1.54, 1.807) is 0 Å². The molecule has 120 valence electrons. The molecule has 0 spiro atoms. The molecule has 2 N–H and O–H groups in total. The van der Waals surface area contributed by atoms with Gasteiger partial charge >= 0.3 is 0 Å². The second-order valence-electron chi connectivity index (χ2n) is 7.44. The van der Waals surface area contributed by atoms with Crippen molar-refractivity contribution >= 4 is 16.9 Å². The molecular weight excluding hydrogens is 290 g/mol. The Balaban J connectivity index is 1.40. The van der Waals surface area contributed by atoms with Gasteiger partial charge in [-0.3, -0.25) is 4.79 Å². The molecule has 2 heterocycles. The molecule has 0 unspecified atom stereocenters. The number of carbonyl (C=O) groups is 1. The zero-order chi connectivity index (χ0) is 15.6. The lowest BCUT2D eigenvalue weighted by Crippen LogP contribution is -2.30. The van der Waals surface area contributed by atoms with Crippen LogP contribution < -0.4 is 0 Å². The van der Waals surface area contributed by atoms with E-state index < -0.39 is 0 Å². The highest BCUT2D eigenvalue weighted by Gasteiger charge is 2.52. The van der Waals surface area contributed by atoms with Crippen LogP contribution in [-0.4, -0.2) is 39.0 Å². The third kappa shape index (κ3) is 1.96. The van der Waals surface area contributed by atoms with Gasteiger partial charge in [-0.05, 0) is 61.1 Å². The maximum absolute atomic E-state index is 12.9. The average Bonchev–Trinajstić information content (AvgIpc) is 3.32. The van der Waals surface area contributed by atoms with Gasteiger partial charge in [0.25, 0.3) is 5.91 Å². The lowest BCUT2D eigenvalue weighted by molar-refractivity contribution is 0.0776. The number of rotatable bonds is 2. The number of H-pyrrole nitrogens is 1. The second kappa shape index (κ2) is 4.81. The standard InChI is InChI=1S/C18H21N3O2/c22-9-17-19-15-4-3-12(6-16(15)20-17)18(23)21-7-13-10-1-2-11(5-10)14(13)8-21/h3-4,6,10-11,13-14,22H,1-2,5,7-9H2,(H,19,20)/t10-,11+,13-,14+. The maximum atomic E-state index is 12.9. The van der Waals surface area contributed by atoms with Crippen LogP contribution >= 0.6 is 0 Å². The summed E-state index contributed by atoms with van der Waals surface area (Å²) in [7, 11) is 0. The predicted molar refractivity (Wildman–Crippen MR) is 85.7 cm³/mol. The largest absolute Gasteiger partial charge is 0.388 e. The predicted octanol–water partition coefficient (Wildman–Crippen LogP) is 2.17. The molecule has 5 heteroatoms. The molecule has 23 heavy (non-hydrogen) atoms. The Morgan fingerprint density at radius 2 is 2.00 bits per heavy atom. The van der Waals surface area contributed by atoms with Crippen LogP contribution in [-0.2, 0) is 6.61 Å². The van der Waals surface area contributed by atoms with Crippen molar-refractivity contribution in [1.29, 1.82) is 0 Å². The van der Waals surface area contributed by atoms with E-state index in [-0.39, 0.29) is 12.5 Å². The van der Waals surface area contributed by atoms with Crippen LogP contribution in [0.1, 0.15) is 35.4 Å². The first-order valence-electron chi connectivity index (χ1n) is 8.61. The summed E-state index contributed by atoms with van der Waals surface area (Å²) in [4.78, 5) is 22.3. The van der Waals surface area contributed by atoms with E-state index in [0.29, 0.717) is 5.82 Å². The number of aliphatic hydroxyl groups is 1. The van der Waals surface area contributed by atoms with Gasteiger partial charge in [0, 0.05) is 18.7 Å². The minimum absolute atomic E-state index is 0.115. The van der Waals surface area contributed by atoms with Crippen molar-refractivity contribution in [3.05, 3.63) is 29.6 Å². The summed E-state index contributed by atoms with van der Waals surface area (Å²) < 4.78 is 0. The number of nitrogens with one attached hydrogen (secondary N) is 1. The highest BCUT2D eigenvalue weighted by atomic mass is 16.3. The number of aliphatic hydroxyl groups excluding tert-OH is 1. The van der Waals surface area contributed by atoms with E-state index in [4.69, 9.17) is 5.11 Å². The molecule has 2 bridgehead atoms. The van der Waals surface area contributed by atoms with Crippen molar-refractivity contribution in [2.45, 2.75) is 25.9 Å². The summed E-state index contributed by atoms with van der Waals surface area (Å²) in [6.45, 7) is 1.76. The SMILES string of the molecule is O=C(c1ccc2nc(CO)[nH]c2c1)N1C[C@@H]2[C@@H]3CC[C@@H](C3)[C@@H]2C1. The Bertz CT molecular complexity index is 766. The van der Waals surface area contributed by atoms with Crippen molar-refractivity contribution in [2.24, 2.45) is 23.7 Å². The van der Waals surface area contributed by atoms with E-state index >= 15 is 0 Å². The Labute approximate surface area is 134 Å². The normalized spacial score (nSPS) is 32.0. The van der Waals surface area contributed by atoms with Gasteiger partial charge in [0.05, 0.1) is 11.0 Å². The molecule has 3 fully saturated rings. The summed E-state index contributed by atoms with van der Waals surface area (Å²) in [6.07, 6.45) is 4.15. The van der Waals surface area contributed by atoms with Gasteiger partial charge in [0.1, 0.15) is 12.4 Å². The summed E-state index contributed by atoms with van der Waals surface area (Å²) in [5, 5.41) is 9.17. The van der Waals surface area contributed by atoms with Crippen LogP contribution in [0.15, 0.2) is 18.2 Å². The molecule has 1 aromatic heterocycles. The van der Waals surface area contributed by atoms with Crippen LogP contribution in [0.3, 0.4) is 0 Å². The van der Waals surface area contributed by atoms with Crippen LogP contribution in [0.4, 0.5) is 0 Å². The van der Waals surface area contributed by atoms with Crippen molar-refractivity contribution in [3.8, 4) is 0 Å². The van der Waals surface area contributed by atoms with Crippen LogP contribution in [0.2, 0.25) is 0 Å². The van der Waals surface area contributed by atoms with Crippen molar-refractivity contribution in [1.82, 2.24) is 14.9 Å². The third-order valence-corrected chi connectivity index (χ3v) is 6.35. The topological polar surface area (TPSA) is 69.2 Å². The molecule has 1 saturated heterocycles. The molecule has 3 aliphatic rings. The maximum Gasteiger partial charge on any atom is 0.253 e. The number of imidazole rings is 1. The van der Waals surface area contributed by atoms with Gasteiger partial charge in [-0.1, -0.05) is 0 Å². The first-order chi connectivity index (χ1) is 11.2. The molecule has 5 rings (SSSR count). The molecule has 1 amide bonds. The van der Waals surface area contributed by atoms with Crippen molar-refractivity contribution in [2.75, 3.05) is 13.1 Å². The molecule has 1 aromatic carbocycles. The number of aromatic nitrogens is 2. The Morgan fingerprint density at radius 1 is 1.26 bits per heavy atom. The average molecular weight is 311 g/mol. The summed E-state index contributed by atoms with van der Waals surface area (Å²) >= 11 is 0. The van der Waals surface area contributed by atoms with Gasteiger partial charge < -0.3 is 15.0 Å². The number of hydrogen-bond acceptors (Lipinski definition) is 3. The summed E-state index contributed by atoms with van der Waals surface area (Å²) in [5.74, 6) is 3.90. The molecular formula is C18H21N3O2. The van der Waals surface area contributed by atoms with E-state index in [9.17, 15) is 4.79 Å². The number of fused-ring (bicyclic) bond motifs is 6. The Hall–Kier alpha value is -1.88. The minimum Gasteiger partial charge on any atom is -0.388 e. The molecule has 4 atom stereocenters. The van der Waals surface area contributed by atoms with E-state index in [1.165, 1.54) is 19.3 Å². The Morgan fingerprint density at radius 3 is 2.70 bits per heavy atom. The molecule has 2 saturated carbocycles. The van der Waals surface area contributed by atoms with Gasteiger partial charge in [-0.2, -0.15) is 0 Å². The third-order valence-electron chi connectivity index (χ3n) is 6.35. The highest BCUT2D eigenvalue weighted by Crippen LogP contribution is 2.55. The number of amides is 1. The highest BCUT2D eigenvalue weighted by molar-refractivity contribution is 5.97. The number of hydrogen-bond donors (Lipinski definition) is 2. The van der Waals surface area contributed by atoms with Gasteiger partial charge in [-0.25, -0.2) is 4.98 Å². The quantitative estimate of drug-likeness (QED) is 0.893. The Kier molecular flexibility index (Phi) is 2.83. The fraction of sp³-hybridized carbons (Fsp3) is 0.556. The lowest BCUT2D eigenvalue weighted by Gasteiger charge is -2.22. The molecule has 0 radical (unpaired) electrons. The smallest absolute Gasteiger partial charge is 0.253 e. The molecule has 2 aliphatic carbocycles. The number of benzene rings is 1. The summed E-state index contributed by atoms with van der Waals surface area (Å²) in [6, 6.07) is 5.58. The van der Waals surface area contributed by atoms with Crippen molar-refractivity contribution < 1.29 is 9.90 Å². The first kappa shape index (κ1) is 13.5. The molecule has 1 aliphatic heterocycles. The molecule has 5 nitrogen and oxygen atoms in total. The fourth-order valence-electron chi connectivity index (χ4n) is 5.30. The zero-order valence-corrected chi connectivity index (χ0v) is 13.0. The van der Waals surface area contributed by atoms with Crippen LogP contribution in [0.25, 0.3) is 11.0 Å². The van der Waals surface area contributed by atoms with E-state index in [1.807, 2.05) is 18.2 Å². The summed E-state index contributed by atoms with van der Waals surface area (Å²) in [5.41, 5.74) is 2.33. The zero-order valence-electron chi connectivity index (χ0n) is 13.0. The second-order valence-corrected chi connectivity index (χ2v) is 7.44. The fourth-order valence-corrected chi connectivity index (χ4v) is 5.30. The number of aromatic amines is 1. The number of carbonyl (C=O) groups excluding carboxylic acids is 1.